The van der Waals surface area contributed by atoms with E-state index in [-0.39, 0.29) is 34.8 Å². The van der Waals surface area contributed by atoms with Crippen molar-refractivity contribution in [3.63, 3.8) is 0 Å². The fourth-order valence-electron chi connectivity index (χ4n) is 2.91. The molecule has 0 aliphatic carbocycles. The first-order valence-corrected chi connectivity index (χ1v) is 10.9. The lowest BCUT2D eigenvalue weighted by Gasteiger charge is -2.18. The summed E-state index contributed by atoms with van der Waals surface area (Å²) in [5.41, 5.74) is 0.641. The quantitative estimate of drug-likeness (QED) is 0.689. The second kappa shape index (κ2) is 10.2. The molecule has 1 aromatic heterocycles. The summed E-state index contributed by atoms with van der Waals surface area (Å²) < 4.78 is 10.6. The van der Waals surface area contributed by atoms with Gasteiger partial charge in [0.05, 0.1) is 12.1 Å². The number of esters is 2. The van der Waals surface area contributed by atoms with Crippen LogP contribution in [0.1, 0.15) is 66.7 Å². The van der Waals surface area contributed by atoms with E-state index >= 15 is 0 Å². The molecule has 0 saturated carbocycles. The Morgan fingerprint density at radius 2 is 1.26 bits per heavy atom. The molecule has 0 spiro atoms. The van der Waals surface area contributed by atoms with Crippen molar-refractivity contribution in [1.29, 1.82) is 0 Å². The van der Waals surface area contributed by atoms with Gasteiger partial charge in [-0.25, -0.2) is 9.59 Å². The average molecular weight is 445 g/mol. The van der Waals surface area contributed by atoms with Crippen LogP contribution in [-0.2, 0) is 9.47 Å². The highest BCUT2D eigenvalue weighted by Crippen LogP contribution is 2.19. The van der Waals surface area contributed by atoms with Crippen LogP contribution < -0.4 is 10.6 Å². The summed E-state index contributed by atoms with van der Waals surface area (Å²) in [6, 6.07) is 8.53. The molecule has 0 fully saturated rings. The van der Waals surface area contributed by atoms with Crippen molar-refractivity contribution >= 4 is 35.1 Å². The molecule has 31 heavy (non-hydrogen) atoms. The fraction of sp³-hybridized carbons (Fsp3) is 0.364. The van der Waals surface area contributed by atoms with Crippen LogP contribution in [0.2, 0.25) is 0 Å². The standard InChI is InChI=1S/C22H24N2O6S/c1-3-15-11-29-21(27)17-8-9-18(31-17)22(28)30-12-16(4-2)24-20(26)14-7-5-6-13(10-14)19(25)23-15/h5-10,15-16H,3-4,11-12H2,1-2H3,(H,23,25)(H,24,26)/t15-,16?/m1/s1. The Bertz CT molecular complexity index is 914. The molecule has 164 valence electrons. The van der Waals surface area contributed by atoms with E-state index < -0.39 is 24.0 Å². The Kier molecular flexibility index (Phi) is 7.41. The first-order chi connectivity index (χ1) is 14.9. The monoisotopic (exact) mass is 444 g/mol. The Morgan fingerprint density at radius 3 is 1.68 bits per heavy atom. The predicted molar refractivity (Wildman–Crippen MR) is 114 cm³/mol. The van der Waals surface area contributed by atoms with Crippen LogP contribution in [0, 0.1) is 0 Å². The highest BCUT2D eigenvalue weighted by Gasteiger charge is 2.21. The number of cyclic esters (lactones) is 2. The van der Waals surface area contributed by atoms with E-state index in [1.54, 1.807) is 18.2 Å². The number of carbonyl (C=O) groups is 4. The summed E-state index contributed by atoms with van der Waals surface area (Å²) in [5.74, 6) is -1.87. The van der Waals surface area contributed by atoms with Gasteiger partial charge < -0.3 is 20.1 Å². The Balaban J connectivity index is 1.88. The van der Waals surface area contributed by atoms with E-state index in [4.69, 9.17) is 9.47 Å². The van der Waals surface area contributed by atoms with Gasteiger partial charge in [0.15, 0.2) is 0 Å². The van der Waals surface area contributed by atoms with Crippen LogP contribution in [-0.4, -0.2) is 49.1 Å². The fourth-order valence-corrected chi connectivity index (χ4v) is 3.71. The molecular formula is C22H24N2O6S. The van der Waals surface area contributed by atoms with Gasteiger partial charge in [-0.05, 0) is 43.2 Å². The number of thiophene rings is 1. The van der Waals surface area contributed by atoms with Gasteiger partial charge in [0.2, 0.25) is 0 Å². The van der Waals surface area contributed by atoms with E-state index in [2.05, 4.69) is 10.6 Å². The maximum Gasteiger partial charge on any atom is 0.348 e. The van der Waals surface area contributed by atoms with Crippen LogP contribution in [0.3, 0.4) is 0 Å². The Hall–Kier alpha value is -3.20. The molecule has 0 saturated heterocycles. The molecule has 1 aliphatic heterocycles. The lowest BCUT2D eigenvalue weighted by molar-refractivity contribution is 0.0457. The largest absolute Gasteiger partial charge is 0.459 e. The number of benzene rings is 1. The molecule has 2 aromatic rings. The smallest absolute Gasteiger partial charge is 0.348 e. The van der Waals surface area contributed by atoms with Gasteiger partial charge >= 0.3 is 11.9 Å². The zero-order valence-corrected chi connectivity index (χ0v) is 18.1. The van der Waals surface area contributed by atoms with Crippen LogP contribution in [0.5, 0.6) is 0 Å². The summed E-state index contributed by atoms with van der Waals surface area (Å²) in [4.78, 5) is 50.5. The third-order valence-electron chi connectivity index (χ3n) is 4.88. The molecule has 9 heteroatoms. The molecule has 2 N–H and O–H groups in total. The van der Waals surface area contributed by atoms with E-state index in [0.717, 1.165) is 11.3 Å². The number of fused-ring (bicyclic) bond motifs is 4. The normalized spacial score (nSPS) is 20.6. The van der Waals surface area contributed by atoms with Crippen molar-refractivity contribution in [2.45, 2.75) is 38.8 Å². The summed E-state index contributed by atoms with van der Waals surface area (Å²) in [5, 5.41) is 5.65. The summed E-state index contributed by atoms with van der Waals surface area (Å²) in [6.45, 7) is 3.69. The van der Waals surface area contributed by atoms with Gasteiger partial charge in [0, 0.05) is 11.1 Å². The van der Waals surface area contributed by atoms with Gasteiger partial charge in [-0.15, -0.1) is 11.3 Å². The lowest BCUT2D eigenvalue weighted by atomic mass is 10.1. The molecule has 1 unspecified atom stereocenters. The Morgan fingerprint density at radius 1 is 0.806 bits per heavy atom. The lowest BCUT2D eigenvalue weighted by Crippen LogP contribution is -2.39. The van der Waals surface area contributed by atoms with Crippen molar-refractivity contribution in [3.8, 4) is 0 Å². The third-order valence-corrected chi connectivity index (χ3v) is 5.93. The number of hydrogen-bond donors (Lipinski definition) is 2. The highest BCUT2D eigenvalue weighted by atomic mass is 32.1. The van der Waals surface area contributed by atoms with Crippen LogP contribution in [0.4, 0.5) is 0 Å². The van der Waals surface area contributed by atoms with Gasteiger partial charge in [-0.3, -0.25) is 9.59 Å². The molecule has 8 nitrogen and oxygen atoms in total. The minimum absolute atomic E-state index is 0.0168. The van der Waals surface area contributed by atoms with Gasteiger partial charge in [0.1, 0.15) is 23.0 Å². The number of carbonyl (C=O) groups excluding carboxylic acids is 4. The zero-order chi connectivity index (χ0) is 22.4. The van der Waals surface area contributed by atoms with E-state index in [0.29, 0.717) is 24.0 Å². The molecule has 1 aliphatic rings. The second-order valence-corrected chi connectivity index (χ2v) is 8.18. The van der Waals surface area contributed by atoms with Crippen molar-refractivity contribution in [2.75, 3.05) is 13.2 Å². The predicted octanol–water partition coefficient (Wildman–Crippen LogP) is 2.79. The van der Waals surface area contributed by atoms with Crippen molar-refractivity contribution < 1.29 is 28.7 Å². The first-order valence-electron chi connectivity index (χ1n) is 10.1. The van der Waals surface area contributed by atoms with Gasteiger partial charge in [-0.1, -0.05) is 19.9 Å². The number of rotatable bonds is 2. The molecule has 4 bridgehead atoms. The second-order valence-electron chi connectivity index (χ2n) is 7.10. The molecule has 2 amide bonds. The number of nitrogens with one attached hydrogen (secondary N) is 2. The summed E-state index contributed by atoms with van der Waals surface area (Å²) >= 11 is 0.974. The number of amides is 2. The minimum Gasteiger partial charge on any atom is -0.459 e. The molecule has 1 aromatic carbocycles. The molecule has 0 radical (unpaired) electrons. The van der Waals surface area contributed by atoms with Crippen molar-refractivity contribution in [1.82, 2.24) is 10.6 Å². The van der Waals surface area contributed by atoms with Crippen LogP contribution in [0.25, 0.3) is 0 Å². The van der Waals surface area contributed by atoms with E-state index in [1.165, 1.54) is 18.2 Å². The zero-order valence-electron chi connectivity index (χ0n) is 17.3. The maximum atomic E-state index is 12.6. The van der Waals surface area contributed by atoms with Gasteiger partial charge in [-0.2, -0.15) is 0 Å². The number of hydrogen-bond acceptors (Lipinski definition) is 7. The SMILES string of the molecule is CCC1COC(=O)c2ccc(s2)C(=O)OC[C@@H](CC)NC(=O)c2cccc(c2)C(=O)N1. The van der Waals surface area contributed by atoms with Gasteiger partial charge in [0.25, 0.3) is 11.8 Å². The van der Waals surface area contributed by atoms with E-state index in [1.807, 2.05) is 13.8 Å². The van der Waals surface area contributed by atoms with Crippen molar-refractivity contribution in [2.24, 2.45) is 0 Å². The summed E-state index contributed by atoms with van der Waals surface area (Å²) in [7, 11) is 0. The third kappa shape index (κ3) is 5.69. The van der Waals surface area contributed by atoms with Crippen molar-refractivity contribution in [3.05, 3.63) is 57.3 Å². The molecule has 2 heterocycles. The van der Waals surface area contributed by atoms with Crippen LogP contribution in [0.15, 0.2) is 36.4 Å². The molecule has 2 atom stereocenters. The summed E-state index contributed by atoms with van der Waals surface area (Å²) in [6.07, 6.45) is 1.08. The number of ether oxygens (including phenoxy) is 2. The average Bonchev–Trinajstić information content (AvgIpc) is 3.28. The van der Waals surface area contributed by atoms with E-state index in [9.17, 15) is 19.2 Å². The minimum atomic E-state index is -0.571. The first kappa shape index (κ1) is 22.5. The van der Waals surface area contributed by atoms with Crippen LogP contribution >= 0.6 is 11.3 Å². The maximum absolute atomic E-state index is 12.6. The Labute approximate surface area is 183 Å². The molecule has 3 rings (SSSR count). The molecular weight excluding hydrogens is 420 g/mol. The topological polar surface area (TPSA) is 111 Å². The highest BCUT2D eigenvalue weighted by molar-refractivity contribution is 7.15.